The van der Waals surface area contributed by atoms with Crippen molar-refractivity contribution in [1.29, 1.82) is 0 Å². The van der Waals surface area contributed by atoms with Crippen molar-refractivity contribution < 1.29 is 97.9 Å². The molecule has 0 aromatic rings. The monoisotopic (exact) mass is 887 g/mol. The number of hydrogen-bond acceptors (Lipinski definition) is 20. The molecule has 2 amide bonds. The Morgan fingerprint density at radius 2 is 1.02 bits per heavy atom. The lowest BCUT2D eigenvalue weighted by molar-refractivity contribution is -0.433. The Kier molecular flexibility index (Phi) is 24.8. The van der Waals surface area contributed by atoms with Gasteiger partial charge in [0.05, 0.1) is 6.61 Å². The second-order valence-electron chi connectivity index (χ2n) is 15.1. The first-order valence-corrected chi connectivity index (χ1v) is 21.0. The van der Waals surface area contributed by atoms with Gasteiger partial charge in [0.25, 0.3) is 0 Å². The number of rotatable bonds is 29. The van der Waals surface area contributed by atoms with E-state index in [1.54, 1.807) is 0 Å². The highest BCUT2D eigenvalue weighted by Gasteiger charge is 2.54. The first-order chi connectivity index (χ1) is 29.3. The molecule has 0 aromatic heterocycles. The van der Waals surface area contributed by atoms with Crippen molar-refractivity contribution in [3.05, 3.63) is 0 Å². The van der Waals surface area contributed by atoms with Gasteiger partial charge in [-0.25, -0.2) is 0 Å². The fraction of sp³-hybridized carbons (Fsp3) is 0.921. The third-order valence-corrected chi connectivity index (χ3v) is 10.4. The molecule has 0 unspecified atom stereocenters. The highest BCUT2D eigenvalue weighted by molar-refractivity contribution is 5.75. The minimum absolute atomic E-state index is 0.00506. The highest BCUT2D eigenvalue weighted by atomic mass is 16.9. The number of aliphatic hydroxyl groups excluding tert-OH is 7. The number of nitrogens with one attached hydrogen (secondary N) is 2. The van der Waals surface area contributed by atoms with Gasteiger partial charge in [0.2, 0.25) is 11.8 Å². The Labute approximate surface area is 355 Å². The molecule has 3 heterocycles. The normalized spacial score (nSPS) is 34.2. The van der Waals surface area contributed by atoms with Crippen molar-refractivity contribution in [2.45, 2.75) is 170 Å². The van der Waals surface area contributed by atoms with Gasteiger partial charge in [-0.15, -0.1) is 0 Å². The molecule has 61 heavy (non-hydrogen) atoms. The van der Waals surface area contributed by atoms with E-state index in [1.807, 2.05) is 0 Å². The number of aliphatic carboxylic acids is 1. The van der Waals surface area contributed by atoms with Crippen molar-refractivity contribution in [3.63, 3.8) is 0 Å². The minimum atomic E-state index is -1.87. The van der Waals surface area contributed by atoms with E-state index < -0.39 is 105 Å². The molecule has 23 nitrogen and oxygen atoms in total. The van der Waals surface area contributed by atoms with Gasteiger partial charge in [0, 0.05) is 66.3 Å². The van der Waals surface area contributed by atoms with Crippen LogP contribution in [0.4, 0.5) is 0 Å². The smallest absolute Gasteiger partial charge is 0.303 e. The lowest BCUT2D eigenvalue weighted by Gasteiger charge is -2.48. The second-order valence-corrected chi connectivity index (χ2v) is 15.1. The number of carboxylic acids is 1. The summed E-state index contributed by atoms with van der Waals surface area (Å²) in [5.74, 6) is -1.21. The average molecular weight is 888 g/mol. The van der Waals surface area contributed by atoms with Crippen LogP contribution in [0.5, 0.6) is 0 Å². The van der Waals surface area contributed by atoms with Gasteiger partial charge < -0.3 is 99.9 Å². The first-order valence-electron chi connectivity index (χ1n) is 21.0. The summed E-state index contributed by atoms with van der Waals surface area (Å²) in [6, 6.07) is 0. The van der Waals surface area contributed by atoms with Gasteiger partial charge >= 0.3 is 5.97 Å². The number of unbranched alkanes of at least 4 members (excludes halogenated alkanes) is 6. The van der Waals surface area contributed by atoms with Gasteiger partial charge in [0.1, 0.15) is 61.0 Å². The molecular formula is C38H69N3O20. The lowest BCUT2D eigenvalue weighted by Crippen LogP contribution is -2.66. The maximum atomic E-state index is 11.8. The summed E-state index contributed by atoms with van der Waals surface area (Å²) >= 11 is 0. The molecule has 0 saturated carbocycles. The summed E-state index contributed by atoms with van der Waals surface area (Å²) in [6.07, 6.45) is -19.0. The molecule has 0 bridgehead atoms. The molecule has 0 aromatic carbocycles. The maximum absolute atomic E-state index is 11.8. The predicted molar refractivity (Wildman–Crippen MR) is 207 cm³/mol. The van der Waals surface area contributed by atoms with E-state index >= 15 is 0 Å². The van der Waals surface area contributed by atoms with E-state index in [2.05, 4.69) is 10.6 Å². The Morgan fingerprint density at radius 1 is 0.574 bits per heavy atom. The fourth-order valence-electron chi connectivity index (χ4n) is 6.90. The highest BCUT2D eigenvalue weighted by Crippen LogP contribution is 2.34. The van der Waals surface area contributed by atoms with Crippen LogP contribution in [0.15, 0.2) is 0 Å². The predicted octanol–water partition coefficient (Wildman–Crippen LogP) is -3.34. The molecule has 3 fully saturated rings. The number of carboxylic acid groups (broad SMARTS) is 1. The lowest BCUT2D eigenvalue weighted by atomic mass is 9.98. The molecule has 12 N–H and O–H groups in total. The topological polar surface area (TPSA) is 346 Å². The Hall–Kier alpha value is -2.27. The average Bonchev–Trinajstić information content (AvgIpc) is 3.24. The van der Waals surface area contributed by atoms with E-state index in [1.165, 1.54) is 14.2 Å². The molecule has 23 heteroatoms. The summed E-state index contributed by atoms with van der Waals surface area (Å²) < 4.78 is 52.2. The third kappa shape index (κ3) is 17.0. The molecule has 3 saturated heterocycles. The Morgan fingerprint density at radius 3 is 1.49 bits per heavy atom. The summed E-state index contributed by atoms with van der Waals surface area (Å²) in [4.78, 5) is 34.3. The van der Waals surface area contributed by atoms with Crippen molar-refractivity contribution in [2.75, 3.05) is 53.7 Å². The Bertz CT molecular complexity index is 1260. The maximum Gasteiger partial charge on any atom is 0.303 e. The Balaban J connectivity index is 1.73. The van der Waals surface area contributed by atoms with Crippen molar-refractivity contribution >= 4 is 17.8 Å². The summed E-state index contributed by atoms with van der Waals surface area (Å²) in [6.45, 7) is 0.136. The van der Waals surface area contributed by atoms with Crippen LogP contribution >= 0.6 is 0 Å². The van der Waals surface area contributed by atoms with Crippen molar-refractivity contribution in [1.82, 2.24) is 10.6 Å². The molecule has 15 atom stereocenters. The fourth-order valence-corrected chi connectivity index (χ4v) is 6.90. The van der Waals surface area contributed by atoms with Gasteiger partial charge in [-0.05, 0) is 38.5 Å². The minimum Gasteiger partial charge on any atom is -0.481 e. The number of ether oxygens (including phenoxy) is 9. The molecule has 3 aliphatic rings. The SMILES string of the molecule is CNC(=O)CCCCCO[C@@H]1[C@@H](O[C@H]2O[C@H](CO)[C@@H](OCCCCCC(=O)NCCN)[C@H](O)[C@H]2O)O[C@H](O[C@H]2O[C@H](OC)[C@H](O)[C@@H](O)[C@@H]2OCCCCCC(=O)O)[C@H](O)[C@H]1O. The van der Waals surface area contributed by atoms with E-state index in [-0.39, 0.29) is 44.5 Å². The van der Waals surface area contributed by atoms with Crippen molar-refractivity contribution in [2.24, 2.45) is 5.73 Å². The summed E-state index contributed by atoms with van der Waals surface area (Å²) in [5, 5.41) is 90.9. The molecule has 3 aliphatic heterocycles. The molecule has 3 rings (SSSR count). The van der Waals surface area contributed by atoms with E-state index in [9.17, 15) is 50.1 Å². The molecule has 0 radical (unpaired) electrons. The van der Waals surface area contributed by atoms with Gasteiger partial charge in [0.15, 0.2) is 31.5 Å². The largest absolute Gasteiger partial charge is 0.481 e. The number of nitrogens with two attached hydrogens (primary N) is 1. The van der Waals surface area contributed by atoms with Gasteiger partial charge in [-0.3, -0.25) is 14.4 Å². The third-order valence-electron chi connectivity index (χ3n) is 10.4. The zero-order chi connectivity index (χ0) is 44.9. The molecular weight excluding hydrogens is 818 g/mol. The van der Waals surface area contributed by atoms with Crippen LogP contribution in [0.3, 0.4) is 0 Å². The number of carbonyl (C=O) groups is 3. The summed E-state index contributed by atoms with van der Waals surface area (Å²) in [5.41, 5.74) is 5.40. The molecule has 0 spiro atoms. The second kappa shape index (κ2) is 28.5. The zero-order valence-corrected chi connectivity index (χ0v) is 34.9. The van der Waals surface area contributed by atoms with Crippen molar-refractivity contribution in [3.8, 4) is 0 Å². The quantitative estimate of drug-likeness (QED) is 0.0327. The standard InChI is InChI=1S/C38H69N3O20/c1-40-22(43)12-6-3-10-18-56-33-27(49)30(52)36(60-37-32(26(48)28(50)34(53-2)58-37)55-19-11-5-8-14-24(45)46)61-38(33)59-35-29(51)25(47)31(21(20-42)57-35)54-17-9-4-7-13-23(44)41-16-15-39/h21,25-38,42,47-52H,3-20,39H2,1-2H3,(H,40,43)(H,41,44)(H,45,46)/t21-,25-,26-,27-,28-,29-,30-,31-,32+,33+,34+,35-,36+,37-,38+/m1/s1. The van der Waals surface area contributed by atoms with Crippen LogP contribution in [-0.4, -0.2) is 205 Å². The van der Waals surface area contributed by atoms with Crippen LogP contribution in [0.1, 0.15) is 77.0 Å². The van der Waals surface area contributed by atoms with E-state index in [4.69, 9.17) is 53.5 Å². The number of carbonyl (C=O) groups excluding carboxylic acids is 2. The van der Waals surface area contributed by atoms with Crippen LogP contribution in [0, 0.1) is 0 Å². The number of aliphatic hydroxyl groups is 7. The van der Waals surface area contributed by atoms with Crippen LogP contribution in [0.25, 0.3) is 0 Å². The summed E-state index contributed by atoms with van der Waals surface area (Å²) in [7, 11) is 2.73. The molecule has 0 aliphatic carbocycles. The van der Waals surface area contributed by atoms with E-state index in [0.29, 0.717) is 77.3 Å². The molecule has 356 valence electrons. The van der Waals surface area contributed by atoms with Gasteiger partial charge in [-0.1, -0.05) is 19.3 Å². The van der Waals surface area contributed by atoms with Crippen LogP contribution in [0.2, 0.25) is 0 Å². The van der Waals surface area contributed by atoms with E-state index in [0.717, 1.165) is 0 Å². The number of hydrogen-bond donors (Lipinski definition) is 11. The van der Waals surface area contributed by atoms with Crippen LogP contribution in [-0.2, 0) is 57.0 Å². The van der Waals surface area contributed by atoms with Gasteiger partial charge in [-0.2, -0.15) is 0 Å². The number of methoxy groups -OCH3 is 1. The van der Waals surface area contributed by atoms with Crippen LogP contribution < -0.4 is 16.4 Å². The number of amides is 2. The zero-order valence-electron chi connectivity index (χ0n) is 34.9. The first kappa shape index (κ1) is 53.1.